The van der Waals surface area contributed by atoms with Gasteiger partial charge in [-0.25, -0.2) is 4.79 Å². The Balaban J connectivity index is 2.30. The number of hydrogen-bond acceptors (Lipinski definition) is 7. The second-order valence-corrected chi connectivity index (χ2v) is 12.7. The number of carbonyl (C=O) groups excluding carboxylic acids is 5. The van der Waals surface area contributed by atoms with E-state index in [1.807, 2.05) is 13.8 Å². The van der Waals surface area contributed by atoms with Crippen LogP contribution in [0.2, 0.25) is 0 Å². The summed E-state index contributed by atoms with van der Waals surface area (Å²) in [4.78, 5) is 69.9. The van der Waals surface area contributed by atoms with Crippen molar-refractivity contribution in [3.05, 3.63) is 0 Å². The minimum atomic E-state index is -1.28. The van der Waals surface area contributed by atoms with Crippen molar-refractivity contribution in [3.63, 3.8) is 0 Å². The Morgan fingerprint density at radius 1 is 1.00 bits per heavy atom. The maximum Gasteiger partial charge on any atom is 0.410 e. The summed E-state index contributed by atoms with van der Waals surface area (Å²) in [7, 11) is 1.50. The molecule has 2 aliphatic rings. The van der Waals surface area contributed by atoms with E-state index in [4.69, 9.17) is 9.47 Å². The second kappa shape index (κ2) is 10.0. The standard InChI is InChI=1S/C27H45N3O7/c1-14(2)18-20(31)26(9,10)23(34)29(18)21(32)15(3)19-16(4)30(27(11,12)36-19)22(33)17(5)28(13)24(35)37-25(6,7)8/h14-19H,1-13H3/t15-,16+,17+,18+,19+/m1/s1. The van der Waals surface area contributed by atoms with Crippen LogP contribution in [0.25, 0.3) is 0 Å². The monoisotopic (exact) mass is 523 g/mol. The number of ether oxygens (including phenoxy) is 2. The fraction of sp³-hybridized carbons (Fsp3) is 0.815. The van der Waals surface area contributed by atoms with Crippen LogP contribution in [-0.2, 0) is 28.7 Å². The van der Waals surface area contributed by atoms with Crippen LogP contribution in [0.5, 0.6) is 0 Å². The van der Waals surface area contributed by atoms with E-state index in [1.54, 1.807) is 69.2 Å². The number of Topliss-reactive ketones (excluding diaryl/α,β-unsaturated/α-hetero) is 1. The Morgan fingerprint density at radius 2 is 1.51 bits per heavy atom. The highest BCUT2D eigenvalue weighted by atomic mass is 16.6. The lowest BCUT2D eigenvalue weighted by Crippen LogP contribution is -2.56. The molecule has 5 atom stereocenters. The van der Waals surface area contributed by atoms with E-state index in [9.17, 15) is 24.0 Å². The molecule has 0 unspecified atom stereocenters. The molecule has 0 saturated carbocycles. The van der Waals surface area contributed by atoms with E-state index in [-0.39, 0.29) is 17.6 Å². The zero-order valence-electron chi connectivity index (χ0n) is 24.7. The molecule has 0 radical (unpaired) electrons. The molecule has 2 rings (SSSR count). The number of ketones is 1. The van der Waals surface area contributed by atoms with Crippen molar-refractivity contribution in [1.29, 1.82) is 0 Å². The molecule has 0 aromatic carbocycles. The lowest BCUT2D eigenvalue weighted by molar-refractivity contribution is -0.156. The Bertz CT molecular complexity index is 966. The minimum Gasteiger partial charge on any atom is -0.444 e. The predicted octanol–water partition coefficient (Wildman–Crippen LogP) is 3.22. The average molecular weight is 524 g/mol. The van der Waals surface area contributed by atoms with E-state index < -0.39 is 64.8 Å². The maximum atomic E-state index is 13.7. The Labute approximate surface area is 221 Å². The lowest BCUT2D eigenvalue weighted by atomic mass is 9.85. The first-order chi connectivity index (χ1) is 16.6. The van der Waals surface area contributed by atoms with Gasteiger partial charge in [0.15, 0.2) is 5.78 Å². The van der Waals surface area contributed by atoms with Crippen LogP contribution in [0.15, 0.2) is 0 Å². The van der Waals surface area contributed by atoms with Gasteiger partial charge in [0, 0.05) is 7.05 Å². The first kappa shape index (κ1) is 30.7. The smallest absolute Gasteiger partial charge is 0.410 e. The summed E-state index contributed by atoms with van der Waals surface area (Å²) in [5.41, 5.74) is -3.08. The normalized spacial score (nSPS) is 26.9. The SMILES string of the molecule is CC(C)[C@H]1C(=O)C(C)(C)C(=O)N1C(=O)[C@H](C)[C@@H]1OC(C)(C)N(C(=O)[C@H](C)N(C)C(=O)OC(C)(C)C)[C@H]1C. The zero-order chi connectivity index (χ0) is 29.0. The highest BCUT2D eigenvalue weighted by Crippen LogP contribution is 2.40. The van der Waals surface area contributed by atoms with Crippen LogP contribution in [0.3, 0.4) is 0 Å². The number of hydrogen-bond donors (Lipinski definition) is 0. The summed E-state index contributed by atoms with van der Waals surface area (Å²) in [5, 5.41) is 0. The summed E-state index contributed by atoms with van der Waals surface area (Å²) in [6.07, 6.45) is -1.36. The predicted molar refractivity (Wildman–Crippen MR) is 137 cm³/mol. The van der Waals surface area contributed by atoms with Gasteiger partial charge in [-0.15, -0.1) is 0 Å². The van der Waals surface area contributed by atoms with E-state index >= 15 is 0 Å². The van der Waals surface area contributed by atoms with Crippen LogP contribution in [0, 0.1) is 17.3 Å². The lowest BCUT2D eigenvalue weighted by Gasteiger charge is -2.37. The van der Waals surface area contributed by atoms with Gasteiger partial charge < -0.3 is 14.4 Å². The molecule has 0 spiro atoms. The third-order valence-corrected chi connectivity index (χ3v) is 7.41. The van der Waals surface area contributed by atoms with Crippen molar-refractivity contribution in [2.45, 2.75) is 119 Å². The number of likely N-dealkylation sites (tertiary alicyclic amines) is 1. The third kappa shape index (κ3) is 5.54. The van der Waals surface area contributed by atoms with Gasteiger partial charge in [-0.05, 0) is 68.2 Å². The van der Waals surface area contributed by atoms with Gasteiger partial charge in [0.2, 0.25) is 17.7 Å². The molecule has 0 bridgehead atoms. The minimum absolute atomic E-state index is 0.241. The Hall–Kier alpha value is -2.49. The van der Waals surface area contributed by atoms with Crippen molar-refractivity contribution in [1.82, 2.24) is 14.7 Å². The van der Waals surface area contributed by atoms with Gasteiger partial charge in [-0.2, -0.15) is 0 Å². The zero-order valence-corrected chi connectivity index (χ0v) is 24.7. The first-order valence-corrected chi connectivity index (χ1v) is 13.0. The third-order valence-electron chi connectivity index (χ3n) is 7.41. The molecule has 0 aromatic heterocycles. The molecule has 37 heavy (non-hydrogen) atoms. The Morgan fingerprint density at radius 3 is 1.97 bits per heavy atom. The van der Waals surface area contributed by atoms with Crippen molar-refractivity contribution < 1.29 is 33.4 Å². The largest absolute Gasteiger partial charge is 0.444 e. The van der Waals surface area contributed by atoms with Crippen molar-refractivity contribution >= 4 is 29.6 Å². The van der Waals surface area contributed by atoms with Crippen LogP contribution in [0.4, 0.5) is 4.79 Å². The van der Waals surface area contributed by atoms with Crippen LogP contribution >= 0.6 is 0 Å². The van der Waals surface area contributed by atoms with Gasteiger partial charge in [-0.1, -0.05) is 20.8 Å². The number of rotatable bonds is 5. The fourth-order valence-electron chi connectivity index (χ4n) is 5.19. The molecule has 2 heterocycles. The summed E-state index contributed by atoms with van der Waals surface area (Å²) in [5.74, 6) is -2.69. The van der Waals surface area contributed by atoms with Gasteiger partial charge in [0.05, 0.1) is 18.1 Å². The summed E-state index contributed by atoms with van der Waals surface area (Å²) in [6.45, 7) is 20.5. The van der Waals surface area contributed by atoms with Gasteiger partial charge in [0.1, 0.15) is 28.8 Å². The second-order valence-electron chi connectivity index (χ2n) is 12.7. The van der Waals surface area contributed by atoms with Crippen LogP contribution in [0.1, 0.15) is 83.1 Å². The fourth-order valence-corrected chi connectivity index (χ4v) is 5.19. The molecule has 0 aromatic rings. The molecule has 2 fully saturated rings. The maximum absolute atomic E-state index is 13.7. The molecule has 0 N–H and O–H groups in total. The van der Waals surface area contributed by atoms with E-state index in [0.717, 1.165) is 4.90 Å². The van der Waals surface area contributed by atoms with Gasteiger partial charge in [0.25, 0.3) is 0 Å². The number of amides is 4. The highest BCUT2D eigenvalue weighted by Gasteiger charge is 2.59. The van der Waals surface area contributed by atoms with E-state index in [0.29, 0.717) is 0 Å². The summed E-state index contributed by atoms with van der Waals surface area (Å²) < 4.78 is 11.6. The quantitative estimate of drug-likeness (QED) is 0.509. The van der Waals surface area contributed by atoms with Crippen molar-refractivity contribution in [2.24, 2.45) is 17.3 Å². The van der Waals surface area contributed by atoms with E-state index in [2.05, 4.69) is 0 Å². The van der Waals surface area contributed by atoms with Crippen molar-refractivity contribution in [3.8, 4) is 0 Å². The summed E-state index contributed by atoms with van der Waals surface area (Å²) >= 11 is 0. The first-order valence-electron chi connectivity index (χ1n) is 13.0. The molecule has 210 valence electrons. The molecule has 10 nitrogen and oxygen atoms in total. The van der Waals surface area contributed by atoms with Crippen molar-refractivity contribution in [2.75, 3.05) is 7.05 Å². The molecule has 0 aliphatic carbocycles. The van der Waals surface area contributed by atoms with E-state index in [1.165, 1.54) is 16.8 Å². The number of likely N-dealkylation sites (N-methyl/N-ethyl adjacent to an activating group) is 1. The molecular formula is C27H45N3O7. The average Bonchev–Trinajstić information content (AvgIpc) is 3.10. The van der Waals surface area contributed by atoms with Gasteiger partial charge >= 0.3 is 6.09 Å². The van der Waals surface area contributed by atoms with Gasteiger partial charge in [-0.3, -0.25) is 29.0 Å². The topological polar surface area (TPSA) is 114 Å². The highest BCUT2D eigenvalue weighted by molar-refractivity contribution is 6.19. The van der Waals surface area contributed by atoms with Crippen LogP contribution < -0.4 is 0 Å². The molecule has 2 saturated heterocycles. The molecular weight excluding hydrogens is 478 g/mol. The number of carbonyl (C=O) groups is 5. The number of imide groups is 1. The van der Waals surface area contributed by atoms with Crippen LogP contribution in [-0.4, -0.2) is 86.9 Å². The molecule has 4 amide bonds. The molecule has 10 heteroatoms. The number of nitrogens with zero attached hydrogens (tertiary/aromatic N) is 3. The summed E-state index contributed by atoms with van der Waals surface area (Å²) in [6, 6.07) is -2.24. The Kier molecular flexibility index (Phi) is 8.31. The molecule has 2 aliphatic heterocycles.